The molecule has 1 aromatic carbocycles. The Morgan fingerprint density at radius 2 is 2.17 bits per heavy atom. The van der Waals surface area contributed by atoms with Crippen LogP contribution in [0, 0.1) is 0 Å². The van der Waals surface area contributed by atoms with Crippen molar-refractivity contribution in [3.05, 3.63) is 33.8 Å². The lowest BCUT2D eigenvalue weighted by atomic mass is 10.0. The number of halogens is 1. The number of hydrogen-bond acceptors (Lipinski definition) is 4. The van der Waals surface area contributed by atoms with Gasteiger partial charge in [0.25, 0.3) is 0 Å². The third-order valence-corrected chi connectivity index (χ3v) is 6.28. The molecule has 7 heteroatoms. The second-order valence-electron chi connectivity index (χ2n) is 7.19. The van der Waals surface area contributed by atoms with Gasteiger partial charge in [0.15, 0.2) is 0 Å². The molecule has 1 amide bonds. The molecule has 1 heterocycles. The largest absolute Gasteiger partial charge is 0.415 e. The van der Waals surface area contributed by atoms with Crippen molar-refractivity contribution in [1.82, 2.24) is 4.90 Å². The lowest BCUT2D eigenvalue weighted by Gasteiger charge is -2.28. The molecule has 0 radical (unpaired) electrons. The number of amides is 1. The van der Waals surface area contributed by atoms with E-state index in [0.29, 0.717) is 13.2 Å². The molecule has 0 spiro atoms. The molecule has 0 fully saturated rings. The van der Waals surface area contributed by atoms with E-state index in [2.05, 4.69) is 35.6 Å². The zero-order valence-corrected chi connectivity index (χ0v) is 17.4. The summed E-state index contributed by atoms with van der Waals surface area (Å²) < 4.78 is 17.7. The first-order valence-corrected chi connectivity index (χ1v) is 12.7. The summed E-state index contributed by atoms with van der Waals surface area (Å²) in [6.45, 7) is 8.31. The molecule has 1 unspecified atom stereocenters. The number of ether oxygens (including phenoxy) is 3. The van der Waals surface area contributed by atoms with E-state index < -0.39 is 20.5 Å². The van der Waals surface area contributed by atoms with E-state index >= 15 is 0 Å². The molecular weight excluding hydrogens is 390 g/mol. The zero-order chi connectivity index (χ0) is 17.7. The maximum atomic E-state index is 12.2. The molecule has 0 saturated carbocycles. The van der Waals surface area contributed by atoms with Crippen molar-refractivity contribution < 1.29 is 19.0 Å². The topological polar surface area (TPSA) is 48.0 Å². The summed E-state index contributed by atoms with van der Waals surface area (Å²) in [5.74, 6) is 0. The highest BCUT2D eigenvalue weighted by molar-refractivity contribution is 9.10. The Kier molecular flexibility index (Phi) is 6.85. The molecular formula is C17H26BrNO4Si. The molecule has 5 nitrogen and oxygen atoms in total. The fourth-order valence-electron chi connectivity index (χ4n) is 2.33. The van der Waals surface area contributed by atoms with Crippen LogP contribution in [0.4, 0.5) is 4.79 Å². The predicted octanol–water partition coefficient (Wildman–Crippen LogP) is 4.40. The van der Waals surface area contributed by atoms with Crippen molar-refractivity contribution in [2.24, 2.45) is 0 Å². The molecule has 0 aliphatic carbocycles. The van der Waals surface area contributed by atoms with E-state index in [9.17, 15) is 4.79 Å². The van der Waals surface area contributed by atoms with Crippen LogP contribution in [0.15, 0.2) is 22.7 Å². The quantitative estimate of drug-likeness (QED) is 0.392. The summed E-state index contributed by atoms with van der Waals surface area (Å²) in [7, 11) is 0.547. The Labute approximate surface area is 153 Å². The molecule has 1 atom stereocenters. The summed E-state index contributed by atoms with van der Waals surface area (Å²) >= 11 is 3.54. The molecule has 0 N–H and O–H groups in total. The monoisotopic (exact) mass is 415 g/mol. The van der Waals surface area contributed by atoms with Crippen molar-refractivity contribution in [2.75, 3.05) is 27.0 Å². The number of fused-ring (bicyclic) bond motifs is 1. The van der Waals surface area contributed by atoms with Crippen molar-refractivity contribution >= 4 is 30.1 Å². The van der Waals surface area contributed by atoms with Crippen molar-refractivity contribution in [2.45, 2.75) is 38.4 Å². The van der Waals surface area contributed by atoms with E-state index in [1.807, 2.05) is 18.2 Å². The highest BCUT2D eigenvalue weighted by Crippen LogP contribution is 2.32. The average Bonchev–Trinajstić information content (AvgIpc) is 2.51. The van der Waals surface area contributed by atoms with Gasteiger partial charge in [0.2, 0.25) is 6.29 Å². The minimum Gasteiger partial charge on any atom is -0.415 e. The smallest absolute Gasteiger partial charge is 0.413 e. The normalized spacial score (nSPS) is 17.3. The lowest BCUT2D eigenvalue weighted by molar-refractivity contribution is -0.125. The minimum absolute atomic E-state index is 0.224. The number of rotatable bonds is 6. The van der Waals surface area contributed by atoms with Gasteiger partial charge < -0.3 is 14.2 Å². The molecule has 1 aliphatic rings. The van der Waals surface area contributed by atoms with E-state index in [0.717, 1.165) is 28.1 Å². The standard InChI is InChI=1S/C17H26BrNO4Si/c1-19(12-21-10-11-24(2,3)4)17(20)23-16-14-6-5-7-15(18)13(14)8-9-22-16/h5-7,16H,8-12H2,1-4H3. The van der Waals surface area contributed by atoms with Crippen LogP contribution in [-0.4, -0.2) is 46.1 Å². The predicted molar refractivity (Wildman–Crippen MR) is 99.8 cm³/mol. The molecule has 0 aromatic heterocycles. The van der Waals surface area contributed by atoms with E-state index in [4.69, 9.17) is 14.2 Å². The van der Waals surface area contributed by atoms with E-state index in [-0.39, 0.29) is 6.73 Å². The Morgan fingerprint density at radius 3 is 2.88 bits per heavy atom. The van der Waals surface area contributed by atoms with Crippen LogP contribution >= 0.6 is 15.9 Å². The third kappa shape index (κ3) is 5.58. The minimum atomic E-state index is -1.12. The SMILES string of the molecule is CN(COCC[Si](C)(C)C)C(=O)OC1OCCc2c(Br)cccc21. The van der Waals surface area contributed by atoms with Gasteiger partial charge in [-0.15, -0.1) is 0 Å². The molecule has 1 aliphatic heterocycles. The second kappa shape index (κ2) is 8.47. The maximum absolute atomic E-state index is 12.2. The number of carbonyl (C=O) groups is 1. The van der Waals surface area contributed by atoms with Crippen molar-refractivity contribution in [1.29, 1.82) is 0 Å². The van der Waals surface area contributed by atoms with Gasteiger partial charge in [-0.1, -0.05) is 47.7 Å². The Morgan fingerprint density at radius 1 is 1.42 bits per heavy atom. The summed E-state index contributed by atoms with van der Waals surface area (Å²) in [5.41, 5.74) is 2.03. The Balaban J connectivity index is 1.86. The molecule has 1 aromatic rings. The number of hydrogen-bond donors (Lipinski definition) is 0. The van der Waals surface area contributed by atoms with Crippen LogP contribution in [0.1, 0.15) is 17.4 Å². The van der Waals surface area contributed by atoms with Crippen LogP contribution < -0.4 is 0 Å². The highest BCUT2D eigenvalue weighted by atomic mass is 79.9. The van der Waals surface area contributed by atoms with Gasteiger partial charge in [-0.2, -0.15) is 0 Å². The van der Waals surface area contributed by atoms with Crippen LogP contribution in [0.25, 0.3) is 0 Å². The molecule has 0 saturated heterocycles. The third-order valence-electron chi connectivity index (χ3n) is 3.83. The summed E-state index contributed by atoms with van der Waals surface area (Å²) in [6, 6.07) is 6.91. The highest BCUT2D eigenvalue weighted by Gasteiger charge is 2.27. The Hall–Kier alpha value is -0.893. The Bertz CT molecular complexity index is 576. The number of benzene rings is 1. The van der Waals surface area contributed by atoms with Gasteiger partial charge in [-0.05, 0) is 24.1 Å². The molecule has 24 heavy (non-hydrogen) atoms. The van der Waals surface area contributed by atoms with Crippen LogP contribution in [0.2, 0.25) is 25.7 Å². The fraction of sp³-hybridized carbons (Fsp3) is 0.588. The van der Waals surface area contributed by atoms with Gasteiger partial charge >= 0.3 is 6.09 Å². The average molecular weight is 416 g/mol. The maximum Gasteiger partial charge on any atom is 0.413 e. The first kappa shape index (κ1) is 19.4. The van der Waals surface area contributed by atoms with Crippen molar-refractivity contribution in [3.63, 3.8) is 0 Å². The van der Waals surface area contributed by atoms with Crippen molar-refractivity contribution in [3.8, 4) is 0 Å². The molecule has 134 valence electrons. The molecule has 0 bridgehead atoms. The zero-order valence-electron chi connectivity index (χ0n) is 14.8. The second-order valence-corrected chi connectivity index (χ2v) is 13.7. The first-order valence-electron chi connectivity index (χ1n) is 8.16. The number of carbonyl (C=O) groups excluding carboxylic acids is 1. The molecule has 2 rings (SSSR count). The van der Waals surface area contributed by atoms with Gasteiger partial charge in [-0.25, -0.2) is 4.79 Å². The summed E-state index contributed by atoms with van der Waals surface area (Å²) in [6.07, 6.45) is -0.301. The number of nitrogens with zero attached hydrogens (tertiary/aromatic N) is 1. The summed E-state index contributed by atoms with van der Waals surface area (Å²) in [4.78, 5) is 13.7. The van der Waals surface area contributed by atoms with Crippen LogP contribution in [0.5, 0.6) is 0 Å². The summed E-state index contributed by atoms with van der Waals surface area (Å²) in [5, 5.41) is 0. The van der Waals surface area contributed by atoms with Gasteiger partial charge in [0.05, 0.1) is 6.61 Å². The lowest BCUT2D eigenvalue weighted by Crippen LogP contribution is -2.33. The van der Waals surface area contributed by atoms with Crippen LogP contribution in [0.3, 0.4) is 0 Å². The van der Waals surface area contributed by atoms with E-state index in [1.54, 1.807) is 7.05 Å². The van der Waals surface area contributed by atoms with Crippen LogP contribution in [-0.2, 0) is 20.6 Å². The fourth-order valence-corrected chi connectivity index (χ4v) is 3.67. The first-order chi connectivity index (χ1) is 11.3. The van der Waals surface area contributed by atoms with Gasteiger partial charge in [0.1, 0.15) is 6.73 Å². The van der Waals surface area contributed by atoms with E-state index in [1.165, 1.54) is 4.90 Å². The van der Waals surface area contributed by atoms with Gasteiger partial charge in [-0.3, -0.25) is 4.90 Å². The van der Waals surface area contributed by atoms with Gasteiger partial charge in [0, 0.05) is 31.8 Å².